The van der Waals surface area contributed by atoms with Gasteiger partial charge in [0.2, 0.25) is 5.95 Å². The van der Waals surface area contributed by atoms with Crippen LogP contribution in [-0.4, -0.2) is 33.7 Å². The number of benzene rings is 2. The second kappa shape index (κ2) is 8.03. The van der Waals surface area contributed by atoms with E-state index in [0.29, 0.717) is 5.95 Å². The summed E-state index contributed by atoms with van der Waals surface area (Å²) in [6, 6.07) is 13.6. The Hall–Kier alpha value is -3.81. The number of nitrogens with zero attached hydrogens (tertiary/aromatic N) is 3. The van der Waals surface area contributed by atoms with E-state index in [0.717, 1.165) is 53.4 Å². The first kappa shape index (κ1) is 20.1. The zero-order valence-electron chi connectivity index (χ0n) is 17.7. The van der Waals surface area contributed by atoms with Gasteiger partial charge < -0.3 is 19.7 Å². The molecule has 0 aliphatic carbocycles. The van der Waals surface area contributed by atoms with Crippen molar-refractivity contribution in [3.05, 3.63) is 64.6 Å². The first-order chi connectivity index (χ1) is 15.5. The number of aromatic nitrogens is 2. The highest BCUT2D eigenvalue weighted by atomic mass is 16.4. The summed E-state index contributed by atoms with van der Waals surface area (Å²) in [7, 11) is 0. The lowest BCUT2D eigenvalue weighted by Gasteiger charge is -2.22. The Morgan fingerprint density at radius 2 is 1.91 bits per heavy atom. The number of fused-ring (bicyclic) bond motifs is 3. The third-order valence-electron chi connectivity index (χ3n) is 5.98. The van der Waals surface area contributed by atoms with Crippen molar-refractivity contribution >= 4 is 39.5 Å². The van der Waals surface area contributed by atoms with Crippen LogP contribution in [0.25, 0.3) is 21.9 Å². The van der Waals surface area contributed by atoms with Gasteiger partial charge in [0.1, 0.15) is 23.4 Å². The molecule has 164 valence electrons. The average molecular weight is 432 g/mol. The SMILES string of the molecule is C[C@@H](Nc1cnc(N2CCCC2)n(CC(=O)O)c1=O)c1ccc2oc3ccccc3c2c1. The van der Waals surface area contributed by atoms with Crippen molar-refractivity contribution < 1.29 is 14.3 Å². The second-order valence-electron chi connectivity index (χ2n) is 8.17. The van der Waals surface area contributed by atoms with Gasteiger partial charge in [0.25, 0.3) is 5.56 Å². The van der Waals surface area contributed by atoms with E-state index in [1.54, 1.807) is 0 Å². The topological polar surface area (TPSA) is 101 Å². The lowest BCUT2D eigenvalue weighted by Crippen LogP contribution is -2.34. The number of carboxylic acids is 1. The Morgan fingerprint density at radius 3 is 2.69 bits per heavy atom. The predicted octanol–water partition coefficient (Wildman–Crippen LogP) is 4.00. The molecule has 0 spiro atoms. The molecule has 1 fully saturated rings. The van der Waals surface area contributed by atoms with E-state index in [9.17, 15) is 14.7 Å². The molecule has 1 aliphatic heterocycles. The lowest BCUT2D eigenvalue weighted by molar-refractivity contribution is -0.137. The monoisotopic (exact) mass is 432 g/mol. The molecule has 0 radical (unpaired) electrons. The van der Waals surface area contributed by atoms with Gasteiger partial charge in [-0.05, 0) is 43.5 Å². The van der Waals surface area contributed by atoms with Gasteiger partial charge in [0, 0.05) is 29.9 Å². The number of carbonyl (C=O) groups is 1. The zero-order chi connectivity index (χ0) is 22.2. The van der Waals surface area contributed by atoms with Crippen LogP contribution in [0, 0.1) is 0 Å². The number of aliphatic carboxylic acids is 1. The van der Waals surface area contributed by atoms with Crippen molar-refractivity contribution in [1.29, 1.82) is 0 Å². The maximum Gasteiger partial charge on any atom is 0.323 e. The number of para-hydroxylation sites is 1. The first-order valence-corrected chi connectivity index (χ1v) is 10.8. The molecular formula is C24H24N4O4. The number of furan rings is 1. The van der Waals surface area contributed by atoms with Gasteiger partial charge in [-0.1, -0.05) is 24.3 Å². The van der Waals surface area contributed by atoms with Crippen LogP contribution < -0.4 is 15.8 Å². The lowest BCUT2D eigenvalue weighted by atomic mass is 10.0. The molecule has 0 amide bonds. The molecule has 5 rings (SSSR count). The highest BCUT2D eigenvalue weighted by Crippen LogP contribution is 2.31. The third-order valence-corrected chi connectivity index (χ3v) is 5.98. The molecule has 0 saturated carbocycles. The Bertz CT molecular complexity index is 1370. The largest absolute Gasteiger partial charge is 0.480 e. The van der Waals surface area contributed by atoms with Gasteiger partial charge in [-0.15, -0.1) is 0 Å². The highest BCUT2D eigenvalue weighted by Gasteiger charge is 2.22. The number of hydrogen-bond donors (Lipinski definition) is 2. The molecule has 0 bridgehead atoms. The highest BCUT2D eigenvalue weighted by molar-refractivity contribution is 6.05. The summed E-state index contributed by atoms with van der Waals surface area (Å²) in [5.74, 6) is -0.656. The smallest absolute Gasteiger partial charge is 0.323 e. The number of hydrogen-bond acceptors (Lipinski definition) is 6. The molecule has 8 nitrogen and oxygen atoms in total. The van der Waals surface area contributed by atoms with E-state index in [2.05, 4.69) is 16.4 Å². The maximum atomic E-state index is 13.2. The minimum absolute atomic E-state index is 0.196. The fourth-order valence-corrected chi connectivity index (χ4v) is 4.36. The molecule has 3 heterocycles. The molecule has 2 aromatic heterocycles. The van der Waals surface area contributed by atoms with E-state index in [1.165, 1.54) is 10.8 Å². The van der Waals surface area contributed by atoms with Crippen LogP contribution in [0.2, 0.25) is 0 Å². The third kappa shape index (κ3) is 3.57. The molecule has 1 atom stereocenters. The van der Waals surface area contributed by atoms with Crippen molar-refractivity contribution in [1.82, 2.24) is 9.55 Å². The molecule has 8 heteroatoms. The summed E-state index contributed by atoms with van der Waals surface area (Å²) >= 11 is 0. The van der Waals surface area contributed by atoms with Gasteiger partial charge in [0.05, 0.1) is 6.20 Å². The molecule has 4 aromatic rings. The van der Waals surface area contributed by atoms with Crippen LogP contribution in [0.5, 0.6) is 0 Å². The molecule has 2 aromatic carbocycles. The van der Waals surface area contributed by atoms with Gasteiger partial charge in [-0.3, -0.25) is 14.2 Å². The van der Waals surface area contributed by atoms with Crippen LogP contribution >= 0.6 is 0 Å². The van der Waals surface area contributed by atoms with E-state index < -0.39 is 12.5 Å². The minimum atomic E-state index is -1.07. The predicted molar refractivity (Wildman–Crippen MR) is 123 cm³/mol. The summed E-state index contributed by atoms with van der Waals surface area (Å²) in [6.45, 7) is 3.08. The number of carboxylic acid groups (broad SMARTS) is 1. The summed E-state index contributed by atoms with van der Waals surface area (Å²) in [4.78, 5) is 31.0. The number of rotatable bonds is 6. The molecule has 1 aliphatic rings. The minimum Gasteiger partial charge on any atom is -0.480 e. The van der Waals surface area contributed by atoms with Crippen molar-refractivity contribution in [2.75, 3.05) is 23.3 Å². The fourth-order valence-electron chi connectivity index (χ4n) is 4.36. The van der Waals surface area contributed by atoms with E-state index >= 15 is 0 Å². The molecular weight excluding hydrogens is 408 g/mol. The van der Waals surface area contributed by atoms with Gasteiger partial charge in [-0.25, -0.2) is 4.98 Å². The number of nitrogens with one attached hydrogen (secondary N) is 1. The van der Waals surface area contributed by atoms with Crippen LogP contribution in [0.1, 0.15) is 31.4 Å². The summed E-state index contributed by atoms with van der Waals surface area (Å²) in [6.07, 6.45) is 3.52. The van der Waals surface area contributed by atoms with Crippen molar-refractivity contribution in [2.45, 2.75) is 32.4 Å². The summed E-state index contributed by atoms with van der Waals surface area (Å²) in [5.41, 5.74) is 2.52. The van der Waals surface area contributed by atoms with Crippen LogP contribution in [-0.2, 0) is 11.3 Å². The standard InChI is InChI=1S/C24H24N4O4/c1-15(16-8-9-21-18(12-16)17-6-2-3-7-20(17)32-21)26-19-13-25-24(27-10-4-5-11-27)28(23(19)31)14-22(29)30/h2-3,6-9,12-13,15,26H,4-5,10-11,14H2,1H3,(H,29,30)/t15-/m1/s1. The fraction of sp³-hybridized carbons (Fsp3) is 0.292. The van der Waals surface area contributed by atoms with Crippen LogP contribution in [0.15, 0.2) is 57.9 Å². The molecule has 2 N–H and O–H groups in total. The van der Waals surface area contributed by atoms with Crippen LogP contribution in [0.3, 0.4) is 0 Å². The van der Waals surface area contributed by atoms with E-state index in [1.807, 2.05) is 48.2 Å². The van der Waals surface area contributed by atoms with E-state index in [4.69, 9.17) is 4.42 Å². The summed E-state index contributed by atoms with van der Waals surface area (Å²) < 4.78 is 7.14. The van der Waals surface area contributed by atoms with Crippen molar-refractivity contribution in [3.8, 4) is 0 Å². The average Bonchev–Trinajstić information content (AvgIpc) is 3.44. The van der Waals surface area contributed by atoms with Crippen LogP contribution in [0.4, 0.5) is 11.6 Å². The van der Waals surface area contributed by atoms with Gasteiger partial charge in [-0.2, -0.15) is 0 Å². The number of anilines is 2. The molecule has 32 heavy (non-hydrogen) atoms. The first-order valence-electron chi connectivity index (χ1n) is 10.8. The maximum absolute atomic E-state index is 13.2. The normalized spacial score (nSPS) is 14.8. The van der Waals surface area contributed by atoms with Crippen molar-refractivity contribution in [3.63, 3.8) is 0 Å². The molecule has 1 saturated heterocycles. The zero-order valence-corrected chi connectivity index (χ0v) is 17.7. The summed E-state index contributed by atoms with van der Waals surface area (Å²) in [5, 5.41) is 14.6. The Kier molecular flexibility index (Phi) is 5.05. The van der Waals surface area contributed by atoms with E-state index in [-0.39, 0.29) is 17.3 Å². The van der Waals surface area contributed by atoms with Gasteiger partial charge >= 0.3 is 5.97 Å². The van der Waals surface area contributed by atoms with Gasteiger partial charge in [0.15, 0.2) is 0 Å². The van der Waals surface area contributed by atoms with Crippen molar-refractivity contribution in [2.24, 2.45) is 0 Å². The quantitative estimate of drug-likeness (QED) is 0.475. The Balaban J connectivity index is 1.48. The second-order valence-corrected chi connectivity index (χ2v) is 8.17. The molecule has 0 unspecified atom stereocenters. The Morgan fingerprint density at radius 1 is 1.16 bits per heavy atom. The Labute approximate surface area is 184 Å².